The van der Waals surface area contributed by atoms with Gasteiger partial charge in [0, 0.05) is 25.8 Å². The fourth-order valence-electron chi connectivity index (χ4n) is 1.57. The summed E-state index contributed by atoms with van der Waals surface area (Å²) in [6.07, 6.45) is 3.28. The Morgan fingerprint density at radius 3 is 3.00 bits per heavy atom. The molecule has 0 amide bonds. The molecule has 0 aliphatic carbocycles. The first-order valence-corrected chi connectivity index (χ1v) is 6.54. The van der Waals surface area contributed by atoms with Crippen LogP contribution in [0.5, 0.6) is 0 Å². The van der Waals surface area contributed by atoms with E-state index >= 15 is 0 Å². The summed E-state index contributed by atoms with van der Waals surface area (Å²) in [7, 11) is 0. The monoisotopic (exact) mass is 256 g/mol. The maximum absolute atomic E-state index is 9.65. The minimum Gasteiger partial charge on any atom is -0.389 e. The van der Waals surface area contributed by atoms with E-state index in [2.05, 4.69) is 24.3 Å². The van der Waals surface area contributed by atoms with Gasteiger partial charge in [-0.15, -0.1) is 0 Å². The number of aromatic nitrogens is 1. The van der Waals surface area contributed by atoms with Gasteiger partial charge in [-0.25, -0.2) is 0 Å². The maximum atomic E-state index is 9.65. The highest BCUT2D eigenvalue weighted by Gasteiger charge is 2.04. The molecule has 1 unspecified atom stereocenters. The van der Waals surface area contributed by atoms with Crippen LogP contribution in [0.1, 0.15) is 32.4 Å². The van der Waals surface area contributed by atoms with E-state index in [4.69, 9.17) is 9.26 Å². The molecule has 1 rings (SSSR count). The number of ether oxygens (including phenoxy) is 1. The lowest BCUT2D eigenvalue weighted by atomic mass is 10.1. The van der Waals surface area contributed by atoms with Gasteiger partial charge >= 0.3 is 0 Å². The molecule has 0 aliphatic rings. The molecule has 1 heterocycles. The molecule has 5 heteroatoms. The highest BCUT2D eigenvalue weighted by Crippen LogP contribution is 2.03. The Kier molecular flexibility index (Phi) is 7.64. The second-order valence-corrected chi connectivity index (χ2v) is 4.89. The van der Waals surface area contributed by atoms with Gasteiger partial charge in [0.05, 0.1) is 18.4 Å². The SMILES string of the molecule is CC(C)CCCOCC(O)CNCc1ccon1. The predicted octanol–water partition coefficient (Wildman–Crippen LogP) is 1.58. The molecule has 18 heavy (non-hydrogen) atoms. The Bertz CT molecular complexity index is 288. The summed E-state index contributed by atoms with van der Waals surface area (Å²) in [6.45, 7) is 6.59. The van der Waals surface area contributed by atoms with Crippen LogP contribution in [0.25, 0.3) is 0 Å². The van der Waals surface area contributed by atoms with Crippen molar-refractivity contribution in [2.75, 3.05) is 19.8 Å². The minimum atomic E-state index is -0.476. The third kappa shape index (κ3) is 7.42. The fourth-order valence-corrected chi connectivity index (χ4v) is 1.57. The lowest BCUT2D eigenvalue weighted by Gasteiger charge is -2.12. The van der Waals surface area contributed by atoms with Crippen molar-refractivity contribution in [1.29, 1.82) is 0 Å². The van der Waals surface area contributed by atoms with Gasteiger partial charge in [0.2, 0.25) is 0 Å². The van der Waals surface area contributed by atoms with Crippen molar-refractivity contribution < 1.29 is 14.4 Å². The van der Waals surface area contributed by atoms with Gasteiger partial charge in [-0.3, -0.25) is 0 Å². The number of nitrogens with zero attached hydrogens (tertiary/aromatic N) is 1. The molecule has 1 aromatic heterocycles. The van der Waals surface area contributed by atoms with Crippen molar-refractivity contribution in [1.82, 2.24) is 10.5 Å². The Labute approximate surface area is 109 Å². The van der Waals surface area contributed by atoms with Crippen LogP contribution in [0.3, 0.4) is 0 Å². The first-order valence-electron chi connectivity index (χ1n) is 6.54. The van der Waals surface area contributed by atoms with Gasteiger partial charge in [-0.05, 0) is 18.8 Å². The summed E-state index contributed by atoms with van der Waals surface area (Å²) in [4.78, 5) is 0. The molecule has 1 atom stereocenters. The number of aliphatic hydroxyl groups is 1. The van der Waals surface area contributed by atoms with Crippen molar-refractivity contribution in [3.05, 3.63) is 18.0 Å². The molecule has 1 aromatic rings. The van der Waals surface area contributed by atoms with Crippen LogP contribution in [-0.2, 0) is 11.3 Å². The molecule has 0 aliphatic heterocycles. The maximum Gasteiger partial charge on any atom is 0.124 e. The van der Waals surface area contributed by atoms with Crippen LogP contribution >= 0.6 is 0 Å². The number of hydrogen-bond donors (Lipinski definition) is 2. The van der Waals surface area contributed by atoms with E-state index in [0.717, 1.165) is 18.7 Å². The van der Waals surface area contributed by atoms with Crippen LogP contribution in [0, 0.1) is 5.92 Å². The summed E-state index contributed by atoms with van der Waals surface area (Å²) in [5.41, 5.74) is 0.833. The zero-order valence-corrected chi connectivity index (χ0v) is 11.3. The molecule has 0 saturated carbocycles. The van der Waals surface area contributed by atoms with Gasteiger partial charge < -0.3 is 19.7 Å². The molecule has 0 bridgehead atoms. The lowest BCUT2D eigenvalue weighted by molar-refractivity contribution is 0.0346. The van der Waals surface area contributed by atoms with E-state index in [1.165, 1.54) is 12.7 Å². The number of hydrogen-bond acceptors (Lipinski definition) is 5. The van der Waals surface area contributed by atoms with Crippen molar-refractivity contribution in [2.24, 2.45) is 5.92 Å². The molecular weight excluding hydrogens is 232 g/mol. The smallest absolute Gasteiger partial charge is 0.124 e. The average Bonchev–Trinajstić information content (AvgIpc) is 2.81. The van der Waals surface area contributed by atoms with Gasteiger partial charge in [0.25, 0.3) is 0 Å². The molecule has 5 nitrogen and oxygen atoms in total. The quantitative estimate of drug-likeness (QED) is 0.622. The molecule has 104 valence electrons. The molecule has 2 N–H and O–H groups in total. The van der Waals surface area contributed by atoms with Crippen molar-refractivity contribution in [2.45, 2.75) is 39.3 Å². The van der Waals surface area contributed by atoms with E-state index in [1.54, 1.807) is 6.07 Å². The summed E-state index contributed by atoms with van der Waals surface area (Å²) >= 11 is 0. The van der Waals surface area contributed by atoms with E-state index in [1.807, 2.05) is 0 Å². The summed E-state index contributed by atoms with van der Waals surface area (Å²) in [6, 6.07) is 1.79. The zero-order chi connectivity index (χ0) is 13.2. The van der Waals surface area contributed by atoms with Crippen LogP contribution in [-0.4, -0.2) is 36.1 Å². The summed E-state index contributed by atoms with van der Waals surface area (Å²) < 4.78 is 10.1. The van der Waals surface area contributed by atoms with Gasteiger partial charge in [0.1, 0.15) is 6.26 Å². The van der Waals surface area contributed by atoms with E-state index in [9.17, 15) is 5.11 Å². The van der Waals surface area contributed by atoms with Crippen LogP contribution in [0.15, 0.2) is 16.9 Å². The molecule has 0 spiro atoms. The van der Waals surface area contributed by atoms with Crippen LogP contribution in [0.2, 0.25) is 0 Å². The Balaban J connectivity index is 1.92. The van der Waals surface area contributed by atoms with Gasteiger partial charge in [-0.1, -0.05) is 19.0 Å². The predicted molar refractivity (Wildman–Crippen MR) is 69.1 cm³/mol. The lowest BCUT2D eigenvalue weighted by Crippen LogP contribution is -2.30. The summed E-state index contributed by atoms with van der Waals surface area (Å²) in [5.74, 6) is 0.711. The average molecular weight is 256 g/mol. The fraction of sp³-hybridized carbons (Fsp3) is 0.769. The zero-order valence-electron chi connectivity index (χ0n) is 11.3. The van der Waals surface area contributed by atoms with E-state index in [-0.39, 0.29) is 0 Å². The van der Waals surface area contributed by atoms with Crippen LogP contribution < -0.4 is 5.32 Å². The highest BCUT2D eigenvalue weighted by molar-refractivity contribution is 4.94. The van der Waals surface area contributed by atoms with E-state index in [0.29, 0.717) is 25.6 Å². The summed E-state index contributed by atoms with van der Waals surface area (Å²) in [5, 5.41) is 16.5. The van der Waals surface area contributed by atoms with Crippen molar-refractivity contribution in [3.63, 3.8) is 0 Å². The largest absolute Gasteiger partial charge is 0.389 e. The second kappa shape index (κ2) is 9.08. The third-order valence-electron chi connectivity index (χ3n) is 2.56. The number of rotatable bonds is 10. The first-order chi connectivity index (χ1) is 8.68. The Morgan fingerprint density at radius 2 is 2.33 bits per heavy atom. The molecule has 0 aromatic carbocycles. The topological polar surface area (TPSA) is 67.5 Å². The number of aliphatic hydroxyl groups excluding tert-OH is 1. The second-order valence-electron chi connectivity index (χ2n) is 4.89. The normalized spacial score (nSPS) is 13.1. The third-order valence-corrected chi connectivity index (χ3v) is 2.56. The van der Waals surface area contributed by atoms with Gasteiger partial charge in [-0.2, -0.15) is 0 Å². The molecule has 0 fully saturated rings. The highest BCUT2D eigenvalue weighted by atomic mass is 16.5. The Hall–Kier alpha value is -0.910. The minimum absolute atomic E-state index is 0.379. The molecule has 0 saturated heterocycles. The van der Waals surface area contributed by atoms with Gasteiger partial charge in [0.15, 0.2) is 0 Å². The molecular formula is C13H24N2O3. The van der Waals surface area contributed by atoms with Crippen molar-refractivity contribution in [3.8, 4) is 0 Å². The Morgan fingerprint density at radius 1 is 1.50 bits per heavy atom. The van der Waals surface area contributed by atoms with Crippen LogP contribution in [0.4, 0.5) is 0 Å². The molecule has 0 radical (unpaired) electrons. The van der Waals surface area contributed by atoms with E-state index < -0.39 is 6.10 Å². The number of nitrogens with one attached hydrogen (secondary N) is 1. The standard InChI is InChI=1S/C13H24N2O3/c1-11(2)4-3-6-17-10-13(16)9-14-8-12-5-7-18-15-12/h5,7,11,13-14,16H,3-4,6,8-10H2,1-2H3. The first kappa shape index (κ1) is 15.1. The van der Waals surface area contributed by atoms with Crippen molar-refractivity contribution >= 4 is 0 Å².